The van der Waals surface area contributed by atoms with Gasteiger partial charge in [0.25, 0.3) is 11.8 Å². The van der Waals surface area contributed by atoms with Crippen molar-refractivity contribution < 1.29 is 45.9 Å². The largest absolute Gasteiger partial charge is 0.478 e. The molecule has 0 saturated carbocycles. The molecule has 2 saturated heterocycles. The van der Waals surface area contributed by atoms with Gasteiger partial charge in [0.1, 0.15) is 0 Å². The van der Waals surface area contributed by atoms with Crippen molar-refractivity contribution in [3.8, 4) is 22.3 Å². The van der Waals surface area contributed by atoms with E-state index in [-0.39, 0.29) is 59.5 Å². The number of ether oxygens (including phenoxy) is 1. The predicted molar refractivity (Wildman–Crippen MR) is 248 cm³/mol. The van der Waals surface area contributed by atoms with E-state index in [1.165, 1.54) is 49.6 Å². The highest BCUT2D eigenvalue weighted by Gasteiger charge is 2.28. The summed E-state index contributed by atoms with van der Waals surface area (Å²) >= 11 is 12.3. The van der Waals surface area contributed by atoms with Crippen molar-refractivity contribution in [1.29, 1.82) is 0 Å². The maximum absolute atomic E-state index is 13.4. The van der Waals surface area contributed by atoms with Crippen LogP contribution in [0.1, 0.15) is 65.4 Å². The number of aromatic carboxylic acids is 1. The topological polar surface area (TPSA) is 172 Å². The zero-order valence-corrected chi connectivity index (χ0v) is 38.1. The van der Waals surface area contributed by atoms with E-state index in [1.807, 2.05) is 60.7 Å². The fourth-order valence-electron chi connectivity index (χ4n) is 7.28. The zero-order chi connectivity index (χ0) is 46.5. The lowest BCUT2D eigenvalue weighted by Gasteiger charge is -2.31. The van der Waals surface area contributed by atoms with Gasteiger partial charge in [0, 0.05) is 47.4 Å². The van der Waals surface area contributed by atoms with E-state index < -0.39 is 43.1 Å². The third kappa shape index (κ3) is 11.0. The first-order chi connectivity index (χ1) is 31.0. The van der Waals surface area contributed by atoms with Crippen LogP contribution in [0.2, 0.25) is 10.0 Å². The molecule has 12 nitrogen and oxygen atoms in total. The number of carboxylic acids is 1. The van der Waals surface area contributed by atoms with Crippen LogP contribution in [0.25, 0.3) is 22.3 Å². The number of benzene rings is 6. The van der Waals surface area contributed by atoms with Crippen LogP contribution < -0.4 is 0 Å². The second kappa shape index (κ2) is 19.8. The first kappa shape index (κ1) is 46.7. The van der Waals surface area contributed by atoms with Gasteiger partial charge in [0.15, 0.2) is 19.7 Å². The number of esters is 1. The summed E-state index contributed by atoms with van der Waals surface area (Å²) in [5.74, 6) is -3.34. The van der Waals surface area contributed by atoms with Gasteiger partial charge in [-0.15, -0.1) is 0 Å². The summed E-state index contributed by atoms with van der Waals surface area (Å²) in [5, 5.41) is 9.87. The van der Waals surface area contributed by atoms with E-state index in [2.05, 4.69) is 0 Å². The number of carbonyl (C=O) groups excluding carboxylic acids is 3. The van der Waals surface area contributed by atoms with Gasteiger partial charge in [0.05, 0.1) is 39.5 Å². The van der Waals surface area contributed by atoms with E-state index in [0.29, 0.717) is 37.3 Å². The maximum Gasteiger partial charge on any atom is 0.338 e. The molecule has 2 heterocycles. The Kier molecular flexibility index (Phi) is 14.2. The molecule has 2 fully saturated rings. The van der Waals surface area contributed by atoms with Crippen molar-refractivity contribution in [2.24, 2.45) is 0 Å². The van der Waals surface area contributed by atoms with Crippen LogP contribution in [0.5, 0.6) is 0 Å². The number of carbonyl (C=O) groups is 4. The van der Waals surface area contributed by atoms with Gasteiger partial charge in [0.2, 0.25) is 0 Å². The number of nitrogens with zero attached hydrogens (tertiary/aromatic N) is 2. The molecule has 1 N–H and O–H groups in total. The molecule has 6 aromatic rings. The highest BCUT2D eigenvalue weighted by molar-refractivity contribution is 7.91. The summed E-state index contributed by atoms with van der Waals surface area (Å²) in [7, 11) is -6.67. The van der Waals surface area contributed by atoms with Crippen LogP contribution in [-0.2, 0) is 35.9 Å². The SMILES string of the molecule is COC(=O)c1ccc(-c2ccccc2)cc1CS(=O)(=O)c1cc(Cl)cc(C(=O)N2CCC2)c1.O=C(O)c1ccc(-c2ccccc2)cc1CS(=O)(=O)c1cc(Cl)cc(C(=O)N2CCC2)c1. The number of carboxylic acid groups (broad SMARTS) is 1. The second-order valence-corrected chi connectivity index (χ2v) is 20.3. The molecule has 0 spiro atoms. The first-order valence-electron chi connectivity index (χ1n) is 20.4. The maximum atomic E-state index is 13.4. The molecule has 0 aromatic heterocycles. The van der Waals surface area contributed by atoms with Crippen molar-refractivity contribution >= 4 is 66.6 Å². The second-order valence-electron chi connectivity index (χ2n) is 15.4. The van der Waals surface area contributed by atoms with E-state index in [9.17, 15) is 41.1 Å². The molecule has 2 aliphatic heterocycles. The van der Waals surface area contributed by atoms with Crippen molar-refractivity contribution in [3.05, 3.63) is 177 Å². The lowest BCUT2D eigenvalue weighted by atomic mass is 10.00. The molecule has 0 radical (unpaired) electrons. The minimum absolute atomic E-state index is 0.0696. The number of sulfone groups is 2. The average molecular weight is 954 g/mol. The van der Waals surface area contributed by atoms with Crippen molar-refractivity contribution in [3.63, 3.8) is 0 Å². The minimum atomic E-state index is -3.98. The number of methoxy groups -OCH3 is 1. The van der Waals surface area contributed by atoms with Gasteiger partial charge in [-0.1, -0.05) is 96.0 Å². The van der Waals surface area contributed by atoms with Crippen molar-refractivity contribution in [2.75, 3.05) is 33.3 Å². The van der Waals surface area contributed by atoms with Gasteiger partial charge in [-0.25, -0.2) is 26.4 Å². The van der Waals surface area contributed by atoms with Gasteiger partial charge < -0.3 is 19.6 Å². The molecule has 0 aliphatic carbocycles. The average Bonchev–Trinajstić information content (AvgIpc) is 3.25. The summed E-state index contributed by atoms with van der Waals surface area (Å²) in [4.78, 5) is 52.3. The van der Waals surface area contributed by atoms with E-state index in [0.717, 1.165) is 29.5 Å². The lowest BCUT2D eigenvalue weighted by molar-refractivity contribution is 0.0597. The number of hydrogen-bond acceptors (Lipinski definition) is 9. The van der Waals surface area contributed by atoms with Crippen LogP contribution in [0.3, 0.4) is 0 Å². The first-order valence-corrected chi connectivity index (χ1v) is 24.4. The molecule has 0 atom stereocenters. The number of halogens is 2. The van der Waals surface area contributed by atoms with Gasteiger partial charge >= 0.3 is 11.9 Å². The Labute approximate surface area is 386 Å². The standard InChI is InChI=1S/C25H22ClNO5S.C24H20ClNO5S/c1-32-25(29)23-9-8-18(17-6-3-2-4-7-17)12-20(23)16-33(30,31)22-14-19(13-21(26)15-22)24(28)27-10-5-11-27;25-20-12-18(23(27)26-9-4-10-26)13-21(14-20)32(30,31)15-19-11-17(7-8-22(19)24(28)29)16-5-2-1-3-6-16/h2-4,6-9,12-15H,5,10-11,16H2,1H3;1-3,5-8,11-14H,4,9-10,15H2,(H,28,29). The Morgan fingerprint density at radius 1 is 0.538 bits per heavy atom. The molecular formula is C49H42Cl2N2O10S2. The Morgan fingerprint density at radius 2 is 0.938 bits per heavy atom. The Hall–Kier alpha value is -6.32. The fourth-order valence-corrected chi connectivity index (χ4v) is 10.7. The van der Waals surface area contributed by atoms with E-state index in [1.54, 1.807) is 40.1 Å². The van der Waals surface area contributed by atoms with E-state index >= 15 is 0 Å². The van der Waals surface area contributed by atoms with Gasteiger partial charge in [-0.2, -0.15) is 0 Å². The van der Waals surface area contributed by atoms with Gasteiger partial charge in [-0.05, 0) is 107 Å². The van der Waals surface area contributed by atoms with E-state index in [4.69, 9.17) is 27.9 Å². The fraction of sp³-hybridized carbons (Fsp3) is 0.184. The summed E-state index contributed by atoms with van der Waals surface area (Å²) in [5.41, 5.74) is 4.18. The number of hydrogen-bond donors (Lipinski definition) is 1. The van der Waals surface area contributed by atoms with Crippen LogP contribution in [-0.4, -0.2) is 88.8 Å². The lowest BCUT2D eigenvalue weighted by Crippen LogP contribution is -2.42. The highest BCUT2D eigenvalue weighted by Crippen LogP contribution is 2.31. The molecule has 8 rings (SSSR count). The summed E-state index contributed by atoms with van der Waals surface area (Å²) < 4.78 is 58.0. The molecule has 16 heteroatoms. The number of amides is 2. The van der Waals surface area contributed by atoms with Crippen LogP contribution in [0, 0.1) is 0 Å². The van der Waals surface area contributed by atoms with Crippen LogP contribution in [0.4, 0.5) is 0 Å². The molecule has 334 valence electrons. The molecular weight excluding hydrogens is 912 g/mol. The third-order valence-corrected chi connectivity index (χ3v) is 14.7. The molecule has 0 bridgehead atoms. The summed E-state index contributed by atoms with van der Waals surface area (Å²) in [6, 6.07) is 36.5. The zero-order valence-electron chi connectivity index (χ0n) is 34.9. The third-order valence-electron chi connectivity index (χ3n) is 11.0. The Morgan fingerprint density at radius 3 is 1.31 bits per heavy atom. The van der Waals surface area contributed by atoms with Crippen molar-refractivity contribution in [2.45, 2.75) is 34.1 Å². The Balaban J connectivity index is 0.000000194. The van der Waals surface area contributed by atoms with Crippen molar-refractivity contribution in [1.82, 2.24) is 9.80 Å². The molecule has 2 amide bonds. The monoisotopic (exact) mass is 952 g/mol. The smallest absolute Gasteiger partial charge is 0.338 e. The molecule has 2 aliphatic rings. The minimum Gasteiger partial charge on any atom is -0.478 e. The van der Waals surface area contributed by atoms with Crippen LogP contribution >= 0.6 is 23.2 Å². The van der Waals surface area contributed by atoms with Crippen LogP contribution in [0.15, 0.2) is 143 Å². The Bertz CT molecular complexity index is 3030. The summed E-state index contributed by atoms with van der Waals surface area (Å²) in [6.45, 7) is 2.54. The predicted octanol–water partition coefficient (Wildman–Crippen LogP) is 9.14. The number of likely N-dealkylation sites (tertiary alicyclic amines) is 2. The highest BCUT2D eigenvalue weighted by atomic mass is 35.5. The summed E-state index contributed by atoms with van der Waals surface area (Å²) in [6.07, 6.45) is 1.83. The molecule has 0 unspecified atom stereocenters. The normalized spacial score (nSPS) is 13.4. The number of rotatable bonds is 12. The molecule has 6 aromatic carbocycles. The van der Waals surface area contributed by atoms with Gasteiger partial charge in [-0.3, -0.25) is 9.59 Å². The quantitative estimate of drug-likeness (QED) is 0.117. The molecule has 65 heavy (non-hydrogen) atoms.